The van der Waals surface area contributed by atoms with Gasteiger partial charge in [-0.15, -0.1) is 0 Å². The molecule has 2 aliphatic heterocycles. The van der Waals surface area contributed by atoms with Crippen LogP contribution in [0.5, 0.6) is 0 Å². The minimum absolute atomic E-state index is 0.646. The van der Waals surface area contributed by atoms with Crippen LogP contribution in [0.2, 0.25) is 0 Å². The van der Waals surface area contributed by atoms with E-state index in [-0.39, 0.29) is 0 Å². The SMILES string of the molecule is CN1N=NN2CC(c3ccccc3)=NC12c1ccccc1. The molecule has 4 rings (SSSR count). The Labute approximate surface area is 123 Å². The molecule has 0 aromatic heterocycles. The Morgan fingerprint density at radius 2 is 1.57 bits per heavy atom. The third-order valence-corrected chi connectivity index (χ3v) is 3.95. The summed E-state index contributed by atoms with van der Waals surface area (Å²) in [7, 11) is 1.91. The van der Waals surface area contributed by atoms with Gasteiger partial charge in [0.15, 0.2) is 0 Å². The van der Waals surface area contributed by atoms with Crippen LogP contribution in [0.3, 0.4) is 0 Å². The van der Waals surface area contributed by atoms with Crippen molar-refractivity contribution in [1.82, 2.24) is 10.0 Å². The summed E-state index contributed by atoms with van der Waals surface area (Å²) >= 11 is 0. The van der Waals surface area contributed by atoms with Gasteiger partial charge in [-0.25, -0.2) is 15.0 Å². The smallest absolute Gasteiger partial charge is 0.232 e. The molecule has 1 unspecified atom stereocenters. The molecule has 1 atom stereocenters. The Bertz CT molecular complexity index is 710. The lowest BCUT2D eigenvalue weighted by molar-refractivity contribution is 0.0356. The van der Waals surface area contributed by atoms with Crippen LogP contribution in [0.1, 0.15) is 11.1 Å². The molecule has 104 valence electrons. The molecule has 0 fully saturated rings. The minimum atomic E-state index is -0.646. The molecule has 5 nitrogen and oxygen atoms in total. The van der Waals surface area contributed by atoms with Crippen molar-refractivity contribution in [2.75, 3.05) is 13.6 Å². The van der Waals surface area contributed by atoms with Crippen molar-refractivity contribution in [3.05, 3.63) is 71.8 Å². The highest BCUT2D eigenvalue weighted by Crippen LogP contribution is 2.42. The lowest BCUT2D eigenvalue weighted by Gasteiger charge is -2.32. The van der Waals surface area contributed by atoms with Crippen LogP contribution >= 0.6 is 0 Å². The Hall–Kier alpha value is -2.69. The van der Waals surface area contributed by atoms with E-state index >= 15 is 0 Å². The van der Waals surface area contributed by atoms with E-state index in [0.717, 1.165) is 16.8 Å². The average Bonchev–Trinajstić information content (AvgIpc) is 3.08. The highest BCUT2D eigenvalue weighted by Gasteiger charge is 2.51. The third-order valence-electron chi connectivity index (χ3n) is 3.95. The Morgan fingerprint density at radius 1 is 0.905 bits per heavy atom. The summed E-state index contributed by atoms with van der Waals surface area (Å²) in [5.74, 6) is -0.646. The summed E-state index contributed by atoms with van der Waals surface area (Å²) in [5.41, 5.74) is 3.24. The molecule has 0 amide bonds. The van der Waals surface area contributed by atoms with E-state index in [1.165, 1.54) is 0 Å². The van der Waals surface area contributed by atoms with Crippen LogP contribution < -0.4 is 0 Å². The molecule has 2 heterocycles. The quantitative estimate of drug-likeness (QED) is 0.847. The van der Waals surface area contributed by atoms with Gasteiger partial charge in [-0.2, -0.15) is 0 Å². The maximum Gasteiger partial charge on any atom is 0.270 e. The molecule has 21 heavy (non-hydrogen) atoms. The maximum atomic E-state index is 4.98. The Balaban J connectivity index is 1.84. The molecule has 0 saturated carbocycles. The van der Waals surface area contributed by atoms with Crippen LogP contribution in [0.25, 0.3) is 0 Å². The number of nitrogens with zero attached hydrogens (tertiary/aromatic N) is 5. The summed E-state index contributed by atoms with van der Waals surface area (Å²) in [6.45, 7) is 0.659. The second kappa shape index (κ2) is 4.41. The predicted octanol–water partition coefficient (Wildman–Crippen LogP) is 2.83. The molecular formula is C16H15N5. The highest BCUT2D eigenvalue weighted by molar-refractivity contribution is 6.03. The Kier molecular flexibility index (Phi) is 2.54. The normalized spacial score (nSPS) is 23.4. The van der Waals surface area contributed by atoms with E-state index in [2.05, 4.69) is 34.7 Å². The van der Waals surface area contributed by atoms with Crippen LogP contribution in [-0.2, 0) is 5.79 Å². The number of aliphatic imine (C=N–C) groups is 1. The first-order chi connectivity index (χ1) is 10.3. The maximum absolute atomic E-state index is 4.98. The van der Waals surface area contributed by atoms with E-state index in [4.69, 9.17) is 4.99 Å². The van der Waals surface area contributed by atoms with Crippen molar-refractivity contribution < 1.29 is 0 Å². The highest BCUT2D eigenvalue weighted by atomic mass is 15.9. The summed E-state index contributed by atoms with van der Waals surface area (Å²) in [5, 5.41) is 12.2. The zero-order valence-electron chi connectivity index (χ0n) is 11.7. The van der Waals surface area contributed by atoms with Crippen LogP contribution in [0.4, 0.5) is 0 Å². The van der Waals surface area contributed by atoms with Gasteiger partial charge < -0.3 is 0 Å². The van der Waals surface area contributed by atoms with Gasteiger partial charge in [0.1, 0.15) is 0 Å². The van der Waals surface area contributed by atoms with Gasteiger partial charge in [-0.05, 0) is 16.0 Å². The molecule has 0 saturated heterocycles. The fraction of sp³-hybridized carbons (Fsp3) is 0.188. The first kappa shape index (κ1) is 12.1. The van der Waals surface area contributed by atoms with Gasteiger partial charge in [0, 0.05) is 12.6 Å². The standard InChI is InChI=1S/C16H15N5/c1-20-16(14-10-6-3-7-11-14)17-15(12-21(16)19-18-20)13-8-4-2-5-9-13/h2-11H,12H2,1H3. The van der Waals surface area contributed by atoms with Crippen molar-refractivity contribution in [2.24, 2.45) is 15.4 Å². The zero-order chi connectivity index (χ0) is 14.3. The number of benzene rings is 2. The number of hydrogen-bond acceptors (Lipinski definition) is 5. The molecule has 0 N–H and O–H groups in total. The molecule has 5 heteroatoms. The van der Waals surface area contributed by atoms with Crippen molar-refractivity contribution in [3.63, 3.8) is 0 Å². The van der Waals surface area contributed by atoms with Crippen LogP contribution in [-0.4, -0.2) is 29.3 Å². The lowest BCUT2D eigenvalue weighted by atomic mass is 10.1. The second-order valence-corrected chi connectivity index (χ2v) is 5.19. The minimum Gasteiger partial charge on any atom is -0.232 e. The molecular weight excluding hydrogens is 262 g/mol. The van der Waals surface area contributed by atoms with Gasteiger partial charge in [0.05, 0.1) is 12.3 Å². The van der Waals surface area contributed by atoms with Crippen molar-refractivity contribution in [2.45, 2.75) is 5.79 Å². The third kappa shape index (κ3) is 1.67. The number of rotatable bonds is 2. The average molecular weight is 277 g/mol. The lowest BCUT2D eigenvalue weighted by Crippen LogP contribution is -2.44. The van der Waals surface area contributed by atoms with Crippen LogP contribution in [0.15, 0.2) is 76.1 Å². The summed E-state index contributed by atoms with van der Waals surface area (Å²) in [4.78, 5) is 4.98. The fourth-order valence-corrected chi connectivity index (χ4v) is 2.89. The molecule has 0 radical (unpaired) electrons. The largest absolute Gasteiger partial charge is 0.270 e. The first-order valence-corrected chi connectivity index (χ1v) is 6.93. The molecule has 2 aromatic carbocycles. The van der Waals surface area contributed by atoms with Gasteiger partial charge in [-0.1, -0.05) is 60.7 Å². The summed E-state index contributed by atoms with van der Waals surface area (Å²) < 4.78 is 0. The molecule has 0 bridgehead atoms. The van der Waals surface area contributed by atoms with Crippen molar-refractivity contribution >= 4 is 5.71 Å². The van der Waals surface area contributed by atoms with Gasteiger partial charge in [0.25, 0.3) is 5.79 Å². The number of fused-ring (bicyclic) bond motifs is 1. The Morgan fingerprint density at radius 3 is 2.29 bits per heavy atom. The predicted molar refractivity (Wildman–Crippen MR) is 80.4 cm³/mol. The molecule has 2 aromatic rings. The fourth-order valence-electron chi connectivity index (χ4n) is 2.89. The topological polar surface area (TPSA) is 43.6 Å². The van der Waals surface area contributed by atoms with Crippen molar-refractivity contribution in [1.29, 1.82) is 0 Å². The zero-order valence-corrected chi connectivity index (χ0v) is 11.7. The van der Waals surface area contributed by atoms with Gasteiger partial charge >= 0.3 is 0 Å². The summed E-state index contributed by atoms with van der Waals surface area (Å²) in [6.07, 6.45) is 0. The molecule has 2 aliphatic rings. The monoisotopic (exact) mass is 277 g/mol. The molecule has 0 aliphatic carbocycles. The summed E-state index contributed by atoms with van der Waals surface area (Å²) in [6, 6.07) is 20.4. The number of hydrogen-bond donors (Lipinski definition) is 0. The molecule has 0 spiro atoms. The van der Waals surface area contributed by atoms with E-state index in [9.17, 15) is 0 Å². The van der Waals surface area contributed by atoms with Gasteiger partial charge in [-0.3, -0.25) is 0 Å². The second-order valence-electron chi connectivity index (χ2n) is 5.19. The van der Waals surface area contributed by atoms with E-state index in [0.29, 0.717) is 6.54 Å². The van der Waals surface area contributed by atoms with Crippen LogP contribution in [0, 0.1) is 0 Å². The van der Waals surface area contributed by atoms with E-state index in [1.54, 1.807) is 0 Å². The van der Waals surface area contributed by atoms with E-state index in [1.807, 2.05) is 53.5 Å². The van der Waals surface area contributed by atoms with E-state index < -0.39 is 5.79 Å². The first-order valence-electron chi connectivity index (χ1n) is 6.93. The van der Waals surface area contributed by atoms with Crippen molar-refractivity contribution in [3.8, 4) is 0 Å². The van der Waals surface area contributed by atoms with Gasteiger partial charge in [0.2, 0.25) is 0 Å².